The van der Waals surface area contributed by atoms with Gasteiger partial charge in [-0.3, -0.25) is 4.79 Å². The Labute approximate surface area is 171 Å². The summed E-state index contributed by atoms with van der Waals surface area (Å²) in [6, 6.07) is 8.07. The van der Waals surface area contributed by atoms with Gasteiger partial charge in [0.2, 0.25) is 11.7 Å². The summed E-state index contributed by atoms with van der Waals surface area (Å²) in [7, 11) is 0. The number of aliphatic hydroxyl groups excluding tert-OH is 3. The molecule has 30 heavy (non-hydrogen) atoms. The second-order valence-corrected chi connectivity index (χ2v) is 6.89. The van der Waals surface area contributed by atoms with Gasteiger partial charge in [-0.2, -0.15) is 0 Å². The molecule has 3 rings (SSSR count). The van der Waals surface area contributed by atoms with Crippen molar-refractivity contribution in [2.75, 3.05) is 0 Å². The van der Waals surface area contributed by atoms with Crippen LogP contribution in [0, 0.1) is 0 Å². The highest BCUT2D eigenvalue weighted by atomic mass is 16.5. The Morgan fingerprint density at radius 2 is 1.97 bits per heavy atom. The van der Waals surface area contributed by atoms with Crippen molar-refractivity contribution in [1.82, 2.24) is 20.3 Å². The fourth-order valence-electron chi connectivity index (χ4n) is 3.17. The number of rotatable bonds is 7. The van der Waals surface area contributed by atoms with E-state index in [9.17, 15) is 24.9 Å². The monoisotopic (exact) mass is 418 g/mol. The molecule has 1 amide bonds. The van der Waals surface area contributed by atoms with Crippen LogP contribution in [-0.4, -0.2) is 77.8 Å². The van der Waals surface area contributed by atoms with Gasteiger partial charge in [-0.15, -0.1) is 5.10 Å². The van der Waals surface area contributed by atoms with Gasteiger partial charge in [-0.1, -0.05) is 35.5 Å². The Hall–Kier alpha value is -3.28. The Bertz CT molecular complexity index is 930. The van der Waals surface area contributed by atoms with Gasteiger partial charge in [-0.05, 0) is 6.08 Å². The zero-order valence-corrected chi connectivity index (χ0v) is 16.0. The zero-order chi connectivity index (χ0) is 21.8. The Morgan fingerprint density at radius 1 is 1.27 bits per heavy atom. The van der Waals surface area contributed by atoms with Crippen molar-refractivity contribution in [3.05, 3.63) is 48.4 Å². The lowest BCUT2D eigenvalue weighted by atomic mass is 9.93. The maximum absolute atomic E-state index is 11.5. The van der Waals surface area contributed by atoms with E-state index in [1.807, 2.05) is 30.3 Å². The first-order valence-corrected chi connectivity index (χ1v) is 9.15. The van der Waals surface area contributed by atoms with Crippen LogP contribution in [0.4, 0.5) is 0 Å². The highest BCUT2D eigenvalue weighted by Gasteiger charge is 2.43. The summed E-state index contributed by atoms with van der Waals surface area (Å²) in [6.07, 6.45) is -3.46. The van der Waals surface area contributed by atoms with Gasteiger partial charge < -0.3 is 30.5 Å². The first-order valence-electron chi connectivity index (χ1n) is 9.15. The van der Waals surface area contributed by atoms with Crippen LogP contribution in [0.25, 0.3) is 11.3 Å². The minimum Gasteiger partial charge on any atom is -0.478 e. The number of carboxylic acids is 1. The van der Waals surface area contributed by atoms with Crippen LogP contribution in [0.15, 0.2) is 48.4 Å². The fraction of sp³-hybridized carbons (Fsp3) is 0.368. The Balaban J connectivity index is 1.75. The van der Waals surface area contributed by atoms with E-state index < -0.39 is 48.1 Å². The number of aliphatic carboxylic acids is 1. The summed E-state index contributed by atoms with van der Waals surface area (Å²) in [4.78, 5) is 22.7. The molecule has 5 N–H and O–H groups in total. The molecule has 1 aromatic carbocycles. The molecule has 0 spiro atoms. The van der Waals surface area contributed by atoms with E-state index in [0.29, 0.717) is 5.69 Å². The summed E-state index contributed by atoms with van der Waals surface area (Å²) in [5.74, 6) is -2.57. The predicted molar refractivity (Wildman–Crippen MR) is 102 cm³/mol. The quantitative estimate of drug-likeness (QED) is 0.375. The van der Waals surface area contributed by atoms with Crippen LogP contribution in [0.1, 0.15) is 6.92 Å². The molecule has 0 saturated carbocycles. The number of nitrogens with one attached hydrogen (secondary N) is 1. The van der Waals surface area contributed by atoms with Gasteiger partial charge in [0.1, 0.15) is 24.0 Å². The van der Waals surface area contributed by atoms with E-state index in [-0.39, 0.29) is 6.54 Å². The van der Waals surface area contributed by atoms with Crippen molar-refractivity contribution in [3.8, 4) is 11.3 Å². The highest BCUT2D eigenvalue weighted by Crippen LogP contribution is 2.23. The van der Waals surface area contributed by atoms with Crippen molar-refractivity contribution in [2.45, 2.75) is 43.9 Å². The number of hydrogen-bond donors (Lipinski definition) is 5. The zero-order valence-electron chi connectivity index (χ0n) is 16.0. The molecular formula is C19H22N4O7. The molecule has 11 nitrogen and oxygen atoms in total. The maximum atomic E-state index is 11.5. The molecule has 160 valence electrons. The van der Waals surface area contributed by atoms with E-state index in [1.165, 1.54) is 11.6 Å². The third-order valence-electron chi connectivity index (χ3n) is 4.60. The molecule has 1 aromatic heterocycles. The third-order valence-corrected chi connectivity index (χ3v) is 4.60. The number of benzene rings is 1. The van der Waals surface area contributed by atoms with Gasteiger partial charge in [0.05, 0.1) is 18.8 Å². The van der Waals surface area contributed by atoms with Crippen LogP contribution in [-0.2, 0) is 20.9 Å². The summed E-state index contributed by atoms with van der Waals surface area (Å²) in [5, 5.41) is 50.8. The first-order chi connectivity index (χ1) is 14.3. The number of nitrogens with zero attached hydrogens (tertiary/aromatic N) is 3. The standard InChI is InChI=1S/C19H22N4O7/c1-10(24)20-16-13(25)7-15(19(28)29)30-18(16)17(27)14(26)9-23-8-12(21-22-23)11-5-3-2-4-6-11/h2-8,13-14,16-18,25-27H,9H2,1H3,(H,20,24)(H,28,29)/t13-,14+,16+,17-,18+/m0/s1. The number of hydrogen-bond acceptors (Lipinski definition) is 8. The van der Waals surface area contributed by atoms with Gasteiger partial charge in [0, 0.05) is 12.5 Å². The lowest BCUT2D eigenvalue weighted by Crippen LogP contribution is -2.59. The number of ether oxygens (including phenoxy) is 1. The van der Waals surface area contributed by atoms with Gasteiger partial charge in [-0.25, -0.2) is 9.48 Å². The molecule has 2 aromatic rings. The van der Waals surface area contributed by atoms with Crippen molar-refractivity contribution in [1.29, 1.82) is 0 Å². The van der Waals surface area contributed by atoms with Crippen LogP contribution in [0.3, 0.4) is 0 Å². The van der Waals surface area contributed by atoms with Gasteiger partial charge in [0.15, 0.2) is 6.10 Å². The minimum atomic E-state index is -1.65. The summed E-state index contributed by atoms with van der Waals surface area (Å²) >= 11 is 0. The number of carboxylic acid groups (broad SMARTS) is 1. The smallest absolute Gasteiger partial charge is 0.370 e. The topological polar surface area (TPSA) is 167 Å². The van der Waals surface area contributed by atoms with Crippen molar-refractivity contribution >= 4 is 11.9 Å². The van der Waals surface area contributed by atoms with Crippen LogP contribution in [0.5, 0.6) is 0 Å². The molecule has 5 atom stereocenters. The Kier molecular flexibility index (Phi) is 6.45. The number of carbonyl (C=O) groups is 2. The Morgan fingerprint density at radius 3 is 2.60 bits per heavy atom. The molecule has 0 unspecified atom stereocenters. The summed E-state index contributed by atoms with van der Waals surface area (Å²) in [6.45, 7) is 1.01. The molecule has 1 aliphatic heterocycles. The molecule has 0 aliphatic carbocycles. The lowest BCUT2D eigenvalue weighted by Gasteiger charge is -2.38. The number of amides is 1. The maximum Gasteiger partial charge on any atom is 0.370 e. The lowest BCUT2D eigenvalue weighted by molar-refractivity contribution is -0.148. The molecule has 0 saturated heterocycles. The minimum absolute atomic E-state index is 0.185. The number of aliphatic hydroxyl groups is 3. The van der Waals surface area contributed by atoms with Crippen LogP contribution >= 0.6 is 0 Å². The second kappa shape index (κ2) is 9.03. The second-order valence-electron chi connectivity index (χ2n) is 6.89. The van der Waals surface area contributed by atoms with Crippen molar-refractivity contribution in [2.24, 2.45) is 0 Å². The molecule has 2 heterocycles. The van der Waals surface area contributed by atoms with Crippen molar-refractivity contribution < 1.29 is 34.8 Å². The molecule has 0 bridgehead atoms. The summed E-state index contributed by atoms with van der Waals surface area (Å²) < 4.78 is 6.57. The van der Waals surface area contributed by atoms with Crippen LogP contribution < -0.4 is 5.32 Å². The average Bonchev–Trinajstić information content (AvgIpc) is 3.17. The average molecular weight is 418 g/mol. The first kappa shape index (κ1) is 21.4. The van der Waals surface area contributed by atoms with Gasteiger partial charge >= 0.3 is 5.97 Å². The highest BCUT2D eigenvalue weighted by molar-refractivity contribution is 5.84. The largest absolute Gasteiger partial charge is 0.478 e. The third kappa shape index (κ3) is 4.82. The molecular weight excluding hydrogens is 396 g/mol. The van der Waals surface area contributed by atoms with Crippen molar-refractivity contribution in [3.63, 3.8) is 0 Å². The number of carbonyl (C=O) groups excluding carboxylic acids is 1. The molecule has 1 aliphatic rings. The fourth-order valence-corrected chi connectivity index (χ4v) is 3.17. The number of aromatic nitrogens is 3. The SMILES string of the molecule is CC(=O)N[C@H]1[C@H]([C@@H](O)[C@H](O)Cn2cc(-c3ccccc3)nn2)OC(C(=O)O)=C[C@@H]1O. The van der Waals surface area contributed by atoms with E-state index in [1.54, 1.807) is 6.20 Å². The molecule has 0 fully saturated rings. The molecule has 0 radical (unpaired) electrons. The molecule has 11 heteroatoms. The van der Waals surface area contributed by atoms with Crippen LogP contribution in [0.2, 0.25) is 0 Å². The normalized spacial score (nSPS) is 23.1. The van der Waals surface area contributed by atoms with Gasteiger partial charge in [0.25, 0.3) is 0 Å². The summed E-state index contributed by atoms with van der Waals surface area (Å²) in [5.41, 5.74) is 1.38. The van der Waals surface area contributed by atoms with E-state index >= 15 is 0 Å². The predicted octanol–water partition coefficient (Wildman–Crippen LogP) is -1.10. The van der Waals surface area contributed by atoms with E-state index in [4.69, 9.17) is 9.84 Å². The van der Waals surface area contributed by atoms with E-state index in [2.05, 4.69) is 15.6 Å². The van der Waals surface area contributed by atoms with E-state index in [0.717, 1.165) is 11.6 Å².